The maximum absolute atomic E-state index is 15.4. The van der Waals surface area contributed by atoms with Crippen LogP contribution in [0.4, 0.5) is 9.18 Å². The van der Waals surface area contributed by atoms with E-state index in [2.05, 4.69) is 16.9 Å². The lowest BCUT2D eigenvalue weighted by molar-refractivity contribution is -0.133. The summed E-state index contributed by atoms with van der Waals surface area (Å²) in [5.74, 6) is -0.0702. The number of aryl methyl sites for hydroxylation is 1. The number of hydrogen-bond acceptors (Lipinski definition) is 8. The maximum atomic E-state index is 15.4. The van der Waals surface area contributed by atoms with Crippen LogP contribution in [0.1, 0.15) is 36.0 Å². The number of aromatic nitrogens is 1. The summed E-state index contributed by atoms with van der Waals surface area (Å²) in [6, 6.07) is 17.5. The fraction of sp³-hybridized carbons (Fsp3) is 0.351. The van der Waals surface area contributed by atoms with Crippen LogP contribution in [0.2, 0.25) is 0 Å². The van der Waals surface area contributed by atoms with E-state index in [1.807, 2.05) is 31.2 Å². The van der Waals surface area contributed by atoms with Crippen LogP contribution in [-0.4, -0.2) is 71.8 Å². The molecule has 10 heteroatoms. The minimum atomic E-state index is -0.983. The number of halogens is 1. The predicted octanol–water partition coefficient (Wildman–Crippen LogP) is 6.07. The van der Waals surface area contributed by atoms with Gasteiger partial charge in [0, 0.05) is 55.7 Å². The second-order valence-corrected chi connectivity index (χ2v) is 13.0. The fourth-order valence-electron chi connectivity index (χ4n) is 6.81. The number of ether oxygens (including phenoxy) is 3. The van der Waals surface area contributed by atoms with E-state index >= 15 is 4.39 Å². The van der Waals surface area contributed by atoms with E-state index in [0.29, 0.717) is 53.4 Å². The number of hydrogen-bond donors (Lipinski definition) is 0. The second kappa shape index (κ2) is 12.1. The zero-order chi connectivity index (χ0) is 32.9. The van der Waals surface area contributed by atoms with E-state index in [4.69, 9.17) is 14.2 Å². The van der Waals surface area contributed by atoms with Gasteiger partial charge in [-0.25, -0.2) is 9.18 Å². The van der Waals surface area contributed by atoms with Crippen molar-refractivity contribution in [3.05, 3.63) is 89.4 Å². The molecule has 2 bridgehead atoms. The van der Waals surface area contributed by atoms with Crippen molar-refractivity contribution >= 4 is 28.6 Å². The van der Waals surface area contributed by atoms with Crippen LogP contribution >= 0.6 is 0 Å². The van der Waals surface area contributed by atoms with Crippen LogP contribution in [0, 0.1) is 18.2 Å². The molecule has 1 amide bonds. The zero-order valence-electron chi connectivity index (χ0n) is 26.6. The quantitative estimate of drug-likeness (QED) is 0.193. The van der Waals surface area contributed by atoms with Crippen molar-refractivity contribution < 1.29 is 33.0 Å². The van der Waals surface area contributed by atoms with Crippen molar-refractivity contribution in [1.82, 2.24) is 14.8 Å². The minimum Gasteiger partial charge on any atom is -0.493 e. The number of fused-ring (bicyclic) bond motifs is 3. The number of amides is 1. The first kappa shape index (κ1) is 30.8. The Labute approximate surface area is 272 Å². The molecular weight excluding hydrogens is 601 g/mol. The number of likely N-dealkylation sites (tertiary alicyclic amines) is 2. The van der Waals surface area contributed by atoms with Gasteiger partial charge in [-0.1, -0.05) is 35.9 Å². The lowest BCUT2D eigenvalue weighted by atomic mass is 9.87. The second-order valence-electron chi connectivity index (χ2n) is 13.0. The van der Waals surface area contributed by atoms with Crippen LogP contribution in [0.15, 0.2) is 66.9 Å². The average Bonchev–Trinajstić information content (AvgIpc) is 3.66. The Morgan fingerprint density at radius 3 is 2.23 bits per heavy atom. The van der Waals surface area contributed by atoms with Crippen LogP contribution in [-0.2, 0) is 22.4 Å². The molecule has 3 aromatic carbocycles. The van der Waals surface area contributed by atoms with Crippen molar-refractivity contribution in [2.24, 2.45) is 5.41 Å². The van der Waals surface area contributed by atoms with Crippen molar-refractivity contribution in [2.45, 2.75) is 51.1 Å². The van der Waals surface area contributed by atoms with E-state index < -0.39 is 17.3 Å². The zero-order valence-corrected chi connectivity index (χ0v) is 26.6. The Bertz CT molecular complexity index is 1890. The normalized spacial score (nSPS) is 19.5. The number of pyridine rings is 1. The molecule has 2 aliphatic heterocycles. The van der Waals surface area contributed by atoms with Gasteiger partial charge in [-0.2, -0.15) is 0 Å². The summed E-state index contributed by atoms with van der Waals surface area (Å²) >= 11 is 0. The third-order valence-corrected chi connectivity index (χ3v) is 9.82. The molecule has 2 atom stereocenters. The van der Waals surface area contributed by atoms with E-state index in [9.17, 15) is 14.4 Å². The molecule has 0 unspecified atom stereocenters. The Morgan fingerprint density at radius 2 is 1.60 bits per heavy atom. The molecule has 3 heterocycles. The molecule has 242 valence electrons. The first-order valence-corrected chi connectivity index (χ1v) is 15.9. The van der Waals surface area contributed by atoms with Crippen molar-refractivity contribution in [1.29, 1.82) is 0 Å². The first-order valence-electron chi connectivity index (χ1n) is 15.9. The van der Waals surface area contributed by atoms with E-state index in [0.717, 1.165) is 24.1 Å². The predicted molar refractivity (Wildman–Crippen MR) is 173 cm³/mol. The lowest BCUT2D eigenvalue weighted by Gasteiger charge is -2.31. The number of ketones is 2. The largest absolute Gasteiger partial charge is 0.493 e. The van der Waals surface area contributed by atoms with Crippen molar-refractivity contribution in [2.75, 3.05) is 27.2 Å². The SMILES string of the molecule is COc1cc2c(Oc3ccc(CC(=O)C4(C(=O)Cc5ccc(C)cc5)CC4)cc3F)ccnc2cc1OC(=O)N1C[C@@H]2C[C@H]1CN2C. The number of nitrogens with zero attached hydrogens (tertiary/aromatic N) is 3. The van der Waals surface area contributed by atoms with Crippen LogP contribution in [0.5, 0.6) is 23.0 Å². The summed E-state index contributed by atoms with van der Waals surface area (Å²) in [4.78, 5) is 47.8. The average molecular weight is 638 g/mol. The summed E-state index contributed by atoms with van der Waals surface area (Å²) in [5, 5.41) is 0.535. The molecule has 4 aromatic rings. The molecule has 3 aliphatic rings. The van der Waals surface area contributed by atoms with E-state index in [-0.39, 0.29) is 41.9 Å². The van der Waals surface area contributed by atoms with E-state index in [1.54, 1.807) is 29.2 Å². The smallest absolute Gasteiger partial charge is 0.415 e. The number of rotatable bonds is 10. The van der Waals surface area contributed by atoms with Gasteiger partial charge < -0.3 is 19.1 Å². The Hall–Kier alpha value is -4.83. The van der Waals surface area contributed by atoms with Gasteiger partial charge in [0.15, 0.2) is 34.6 Å². The molecule has 7 rings (SSSR count). The van der Waals surface area contributed by atoms with Crippen LogP contribution < -0.4 is 14.2 Å². The topological polar surface area (TPSA) is 98.3 Å². The molecule has 0 radical (unpaired) electrons. The number of likely N-dealkylation sites (N-methyl/N-ethyl adjacent to an activating group) is 1. The first-order chi connectivity index (χ1) is 22.6. The maximum Gasteiger partial charge on any atom is 0.415 e. The van der Waals surface area contributed by atoms with Crippen molar-refractivity contribution in [3.8, 4) is 23.0 Å². The molecule has 1 aromatic heterocycles. The van der Waals surface area contributed by atoms with Gasteiger partial charge in [0.05, 0.1) is 18.0 Å². The molecule has 0 spiro atoms. The van der Waals surface area contributed by atoms with Gasteiger partial charge in [0.1, 0.15) is 5.75 Å². The van der Waals surface area contributed by atoms with Gasteiger partial charge >= 0.3 is 6.09 Å². The molecule has 9 nitrogen and oxygen atoms in total. The number of carbonyl (C=O) groups is 3. The molecule has 2 saturated heterocycles. The Balaban J connectivity index is 1.04. The Kier molecular flexibility index (Phi) is 7.91. The van der Waals surface area contributed by atoms with Gasteiger partial charge in [-0.3, -0.25) is 19.5 Å². The molecule has 1 aliphatic carbocycles. The number of Topliss-reactive ketones (excluding diaryl/α,β-unsaturated/α-hetero) is 2. The summed E-state index contributed by atoms with van der Waals surface area (Å²) in [7, 11) is 3.54. The highest BCUT2D eigenvalue weighted by atomic mass is 19.1. The number of benzene rings is 3. The third kappa shape index (κ3) is 5.93. The Morgan fingerprint density at radius 1 is 0.872 bits per heavy atom. The molecule has 47 heavy (non-hydrogen) atoms. The van der Waals surface area contributed by atoms with Gasteiger partial charge in [0.2, 0.25) is 0 Å². The number of carbonyl (C=O) groups excluding carboxylic acids is 3. The van der Waals surface area contributed by atoms with Gasteiger partial charge in [0.25, 0.3) is 0 Å². The van der Waals surface area contributed by atoms with Crippen LogP contribution in [0.25, 0.3) is 10.9 Å². The fourth-order valence-corrected chi connectivity index (χ4v) is 6.81. The highest BCUT2D eigenvalue weighted by Gasteiger charge is 2.54. The van der Waals surface area contributed by atoms with Crippen molar-refractivity contribution in [3.63, 3.8) is 0 Å². The molecule has 3 fully saturated rings. The van der Waals surface area contributed by atoms with E-state index in [1.165, 1.54) is 25.4 Å². The summed E-state index contributed by atoms with van der Waals surface area (Å²) in [5.41, 5.74) is 1.95. The lowest BCUT2D eigenvalue weighted by Crippen LogP contribution is -2.48. The van der Waals surface area contributed by atoms with Gasteiger partial charge in [-0.15, -0.1) is 0 Å². The standard InChI is InChI=1S/C37H36FN3O6/c1-22-4-6-23(7-5-22)15-34(42)37(11-12-37)35(43)16-24-8-9-31(28(38)14-24)46-30-10-13-39-29-19-33(32(45-3)18-27(29)30)47-36(44)41-21-25-17-26(41)20-40(25)2/h4-10,13-14,18-19,25-26H,11-12,15-17,20-21H2,1-3H3/t25-,26-/m0/s1. The van der Waals surface area contributed by atoms with Crippen LogP contribution in [0.3, 0.4) is 0 Å². The third-order valence-electron chi connectivity index (χ3n) is 9.82. The molecular formula is C37H36FN3O6. The number of piperazine rings is 1. The number of methoxy groups -OCH3 is 1. The summed E-state index contributed by atoms with van der Waals surface area (Å²) in [6.07, 6.45) is 3.25. The monoisotopic (exact) mass is 637 g/mol. The molecule has 1 saturated carbocycles. The minimum absolute atomic E-state index is 0.0335. The highest BCUT2D eigenvalue weighted by molar-refractivity contribution is 6.11. The summed E-state index contributed by atoms with van der Waals surface area (Å²) in [6.45, 7) is 3.42. The van der Waals surface area contributed by atoms with Gasteiger partial charge in [-0.05, 0) is 68.6 Å². The summed E-state index contributed by atoms with van der Waals surface area (Å²) < 4.78 is 32.7. The molecule has 0 N–H and O–H groups in total. The highest BCUT2D eigenvalue weighted by Crippen LogP contribution is 2.49.